The van der Waals surface area contributed by atoms with Gasteiger partial charge in [0, 0.05) is 18.1 Å². The first-order chi connectivity index (χ1) is 14.0. The predicted molar refractivity (Wildman–Crippen MR) is 89.1 cm³/mol. The highest BCUT2D eigenvalue weighted by atomic mass is 19.4. The number of ether oxygens (including phenoxy) is 2. The summed E-state index contributed by atoms with van der Waals surface area (Å²) >= 11 is 0. The van der Waals surface area contributed by atoms with E-state index in [2.05, 4.69) is 20.1 Å². The Balaban J connectivity index is 1.86. The van der Waals surface area contributed by atoms with Crippen LogP contribution >= 0.6 is 0 Å². The number of rotatable bonds is 4. The molecule has 13 heteroatoms. The second-order valence-corrected chi connectivity index (χ2v) is 5.56. The van der Waals surface area contributed by atoms with Gasteiger partial charge in [0.1, 0.15) is 5.75 Å². The third kappa shape index (κ3) is 5.18. The molecule has 30 heavy (non-hydrogen) atoms. The van der Waals surface area contributed by atoms with Crippen molar-refractivity contribution in [3.63, 3.8) is 0 Å². The second kappa shape index (κ2) is 7.93. The van der Waals surface area contributed by atoms with E-state index in [0.717, 1.165) is 24.3 Å². The Bertz CT molecular complexity index is 1020. The summed E-state index contributed by atoms with van der Waals surface area (Å²) in [5, 5.41) is 5.75. The molecular formula is C17H10F6N4O3. The molecule has 0 fully saturated rings. The second-order valence-electron chi connectivity index (χ2n) is 5.56. The molecule has 1 amide bonds. The first kappa shape index (κ1) is 21.0. The summed E-state index contributed by atoms with van der Waals surface area (Å²) in [6.07, 6.45) is -7.80. The van der Waals surface area contributed by atoms with Gasteiger partial charge in [-0.05, 0) is 36.4 Å². The summed E-state index contributed by atoms with van der Waals surface area (Å²) in [6.45, 7) is 0. The number of carbonyl (C=O) groups is 1. The lowest BCUT2D eigenvalue weighted by Crippen LogP contribution is -2.20. The normalized spacial score (nSPS) is 11.8. The molecule has 0 radical (unpaired) electrons. The van der Waals surface area contributed by atoms with Gasteiger partial charge in [-0.3, -0.25) is 10.3 Å². The number of nitrogens with one attached hydrogen (secondary N) is 1. The van der Waals surface area contributed by atoms with Crippen LogP contribution in [0.4, 0.5) is 36.8 Å². The molecule has 158 valence electrons. The van der Waals surface area contributed by atoms with Gasteiger partial charge in [-0.25, -0.2) is 9.48 Å². The van der Waals surface area contributed by atoms with Crippen molar-refractivity contribution >= 4 is 11.8 Å². The zero-order valence-corrected chi connectivity index (χ0v) is 14.5. The first-order valence-corrected chi connectivity index (χ1v) is 7.93. The number of hydrogen-bond acceptors (Lipinski definition) is 5. The summed E-state index contributed by atoms with van der Waals surface area (Å²) in [4.78, 5) is 15.6. The van der Waals surface area contributed by atoms with Crippen LogP contribution < -0.4 is 14.8 Å². The Hall–Kier alpha value is -3.77. The topological polar surface area (TPSA) is 78.3 Å². The van der Waals surface area contributed by atoms with Crippen LogP contribution in [0.5, 0.6) is 11.5 Å². The van der Waals surface area contributed by atoms with Crippen LogP contribution in [0, 0.1) is 0 Å². The molecule has 1 N–H and O–H groups in total. The number of alkyl halides is 6. The van der Waals surface area contributed by atoms with E-state index >= 15 is 0 Å². The Morgan fingerprint density at radius 2 is 1.60 bits per heavy atom. The molecule has 0 aliphatic carbocycles. The Morgan fingerprint density at radius 1 is 0.967 bits per heavy atom. The van der Waals surface area contributed by atoms with Crippen LogP contribution in [0.2, 0.25) is 0 Å². The first-order valence-electron chi connectivity index (χ1n) is 7.93. The van der Waals surface area contributed by atoms with E-state index in [1.54, 1.807) is 0 Å². The number of carbonyl (C=O) groups excluding carboxylic acids is 1. The molecule has 0 saturated heterocycles. The fourth-order valence-electron chi connectivity index (χ4n) is 2.33. The molecule has 7 nitrogen and oxygen atoms in total. The summed E-state index contributed by atoms with van der Waals surface area (Å²) in [5.41, 5.74) is -1.44. The van der Waals surface area contributed by atoms with Crippen molar-refractivity contribution in [1.29, 1.82) is 0 Å². The van der Waals surface area contributed by atoms with Crippen LogP contribution in [0.1, 0.15) is 5.69 Å². The third-order valence-electron chi connectivity index (χ3n) is 3.45. The van der Waals surface area contributed by atoms with E-state index in [-0.39, 0.29) is 11.4 Å². The van der Waals surface area contributed by atoms with Gasteiger partial charge in [0.25, 0.3) is 0 Å². The Kier molecular flexibility index (Phi) is 5.54. The molecule has 3 rings (SSSR count). The van der Waals surface area contributed by atoms with Crippen molar-refractivity contribution in [1.82, 2.24) is 14.8 Å². The van der Waals surface area contributed by atoms with Gasteiger partial charge in [-0.2, -0.15) is 18.3 Å². The molecule has 1 aromatic carbocycles. The molecule has 0 unspecified atom stereocenters. The largest absolute Gasteiger partial charge is 0.573 e. The standard InChI is InChI=1S/C17H10F6N4O3/c18-16(19,20)14-13(29-15(28)26-10-5-7-24-8-6-10)9-25-27(14)11-1-3-12(4-2-11)30-17(21,22)23/h1-9H,(H,24,26,28). The van der Waals surface area contributed by atoms with Crippen LogP contribution in [0.15, 0.2) is 55.0 Å². The molecule has 0 aliphatic heterocycles. The fraction of sp³-hybridized carbons (Fsp3) is 0.118. The van der Waals surface area contributed by atoms with Crippen LogP contribution in [-0.4, -0.2) is 27.2 Å². The Labute approximate surface area is 163 Å². The predicted octanol–water partition coefficient (Wildman–Crippen LogP) is 4.80. The maximum atomic E-state index is 13.6. The molecule has 0 atom stereocenters. The Morgan fingerprint density at radius 3 is 2.17 bits per heavy atom. The van der Waals surface area contributed by atoms with E-state index in [0.29, 0.717) is 10.9 Å². The highest BCUT2D eigenvalue weighted by molar-refractivity contribution is 5.86. The van der Waals surface area contributed by atoms with Gasteiger partial charge >= 0.3 is 18.6 Å². The zero-order valence-electron chi connectivity index (χ0n) is 14.5. The highest BCUT2D eigenvalue weighted by Crippen LogP contribution is 2.38. The molecule has 2 heterocycles. The number of pyridine rings is 1. The average molecular weight is 432 g/mol. The molecule has 0 saturated carbocycles. The number of amides is 1. The van der Waals surface area contributed by atoms with Crippen LogP contribution in [0.25, 0.3) is 5.69 Å². The van der Waals surface area contributed by atoms with Crippen molar-refractivity contribution < 1.29 is 40.6 Å². The summed E-state index contributed by atoms with van der Waals surface area (Å²) < 4.78 is 86.1. The SMILES string of the molecule is O=C(Nc1ccncc1)Oc1cnn(-c2ccc(OC(F)(F)F)cc2)c1C(F)(F)F. The maximum Gasteiger partial charge on any atom is 0.573 e. The molecule has 3 aromatic rings. The monoisotopic (exact) mass is 432 g/mol. The van der Waals surface area contributed by atoms with Crippen molar-refractivity contribution in [3.05, 3.63) is 60.7 Å². The quantitative estimate of drug-likeness (QED) is 0.600. The van der Waals surface area contributed by atoms with E-state index < -0.39 is 35.8 Å². The minimum Gasteiger partial charge on any atom is -0.406 e. The molecule has 2 aromatic heterocycles. The third-order valence-corrected chi connectivity index (χ3v) is 3.45. The lowest BCUT2D eigenvalue weighted by atomic mass is 10.3. The number of anilines is 1. The number of nitrogens with zero attached hydrogens (tertiary/aromatic N) is 3. The minimum absolute atomic E-state index is 0.233. The molecule has 0 aliphatic rings. The van der Waals surface area contributed by atoms with E-state index in [4.69, 9.17) is 4.74 Å². The van der Waals surface area contributed by atoms with Crippen molar-refractivity contribution in [2.75, 3.05) is 5.32 Å². The lowest BCUT2D eigenvalue weighted by molar-refractivity contribution is -0.274. The van der Waals surface area contributed by atoms with Crippen molar-refractivity contribution in [2.24, 2.45) is 0 Å². The van der Waals surface area contributed by atoms with E-state index in [9.17, 15) is 31.1 Å². The van der Waals surface area contributed by atoms with E-state index in [1.807, 2.05) is 0 Å². The summed E-state index contributed by atoms with van der Waals surface area (Å²) in [6, 6.07) is 6.29. The zero-order chi connectivity index (χ0) is 21.9. The molecular weight excluding hydrogens is 422 g/mol. The fourth-order valence-corrected chi connectivity index (χ4v) is 2.33. The van der Waals surface area contributed by atoms with Gasteiger partial charge < -0.3 is 9.47 Å². The van der Waals surface area contributed by atoms with Gasteiger partial charge in [0.15, 0.2) is 11.4 Å². The number of benzene rings is 1. The molecule has 0 spiro atoms. The van der Waals surface area contributed by atoms with Crippen LogP contribution in [-0.2, 0) is 6.18 Å². The number of halogens is 6. The number of aromatic nitrogens is 3. The van der Waals surface area contributed by atoms with Gasteiger partial charge in [-0.1, -0.05) is 0 Å². The van der Waals surface area contributed by atoms with Crippen molar-refractivity contribution in [2.45, 2.75) is 12.5 Å². The highest BCUT2D eigenvalue weighted by Gasteiger charge is 2.40. The van der Waals surface area contributed by atoms with Gasteiger partial charge in [-0.15, -0.1) is 13.2 Å². The number of hydrogen-bond donors (Lipinski definition) is 1. The van der Waals surface area contributed by atoms with E-state index in [1.165, 1.54) is 24.5 Å². The van der Waals surface area contributed by atoms with Gasteiger partial charge in [0.2, 0.25) is 0 Å². The summed E-state index contributed by atoms with van der Waals surface area (Å²) in [5.74, 6) is -1.52. The van der Waals surface area contributed by atoms with Gasteiger partial charge in [0.05, 0.1) is 11.9 Å². The lowest BCUT2D eigenvalue weighted by Gasteiger charge is -2.13. The molecule has 0 bridgehead atoms. The van der Waals surface area contributed by atoms with Crippen molar-refractivity contribution in [3.8, 4) is 17.2 Å². The average Bonchev–Trinajstić information content (AvgIpc) is 3.05. The maximum absolute atomic E-state index is 13.6. The summed E-state index contributed by atoms with van der Waals surface area (Å²) in [7, 11) is 0. The smallest absolute Gasteiger partial charge is 0.406 e. The minimum atomic E-state index is -5.00. The van der Waals surface area contributed by atoms with Crippen LogP contribution in [0.3, 0.4) is 0 Å².